The number of unbranched alkanes of at least 4 members (excludes halogenated alkanes) is 1. The third-order valence-corrected chi connectivity index (χ3v) is 3.72. The van der Waals surface area contributed by atoms with Crippen molar-refractivity contribution in [1.29, 1.82) is 0 Å². The molecule has 2 heterocycles. The quantitative estimate of drug-likeness (QED) is 0.695. The van der Waals surface area contributed by atoms with Crippen molar-refractivity contribution >= 4 is 5.97 Å². The molecule has 1 fully saturated rings. The molecule has 1 aromatic heterocycles. The Hall–Kier alpha value is -1.43. The molecule has 112 valence electrons. The number of carboxylic acids is 1. The lowest BCUT2D eigenvalue weighted by Crippen LogP contribution is -2.21. The summed E-state index contributed by atoms with van der Waals surface area (Å²) < 4.78 is 1.91. The fourth-order valence-electron chi connectivity index (χ4n) is 2.61. The Kier molecular flexibility index (Phi) is 5.98. The smallest absolute Gasteiger partial charge is 0.303 e. The number of carbonyl (C=O) groups is 1. The van der Waals surface area contributed by atoms with Crippen LogP contribution in [-0.4, -0.2) is 50.6 Å². The van der Waals surface area contributed by atoms with Crippen LogP contribution >= 0.6 is 0 Å². The number of hydrogen-bond acceptors (Lipinski definition) is 4. The van der Waals surface area contributed by atoms with E-state index in [0.29, 0.717) is 6.42 Å². The van der Waals surface area contributed by atoms with E-state index in [4.69, 9.17) is 5.11 Å². The standard InChI is InChI=1S/C14H24N4O2/c19-14(20)7-2-1-6-13-12-18(16-15-13)11-5-10-17-8-3-4-9-17/h12H,1-11H2,(H,19,20). The van der Waals surface area contributed by atoms with Gasteiger partial charge in [0.2, 0.25) is 0 Å². The van der Waals surface area contributed by atoms with Crippen LogP contribution < -0.4 is 0 Å². The SMILES string of the molecule is O=C(O)CCCCc1cn(CCCN2CCCC2)nn1. The molecule has 0 spiro atoms. The lowest BCUT2D eigenvalue weighted by atomic mass is 10.1. The van der Waals surface area contributed by atoms with Crippen molar-refractivity contribution in [2.75, 3.05) is 19.6 Å². The summed E-state index contributed by atoms with van der Waals surface area (Å²) >= 11 is 0. The van der Waals surface area contributed by atoms with Crippen molar-refractivity contribution in [2.24, 2.45) is 0 Å². The van der Waals surface area contributed by atoms with E-state index in [1.165, 1.54) is 25.9 Å². The number of aromatic nitrogens is 3. The van der Waals surface area contributed by atoms with Gasteiger partial charge in [0, 0.05) is 19.2 Å². The first-order valence-corrected chi connectivity index (χ1v) is 7.57. The maximum Gasteiger partial charge on any atom is 0.303 e. The molecular weight excluding hydrogens is 256 g/mol. The molecule has 1 aliphatic heterocycles. The average molecular weight is 280 g/mol. The Bertz CT molecular complexity index is 413. The Morgan fingerprint density at radius 2 is 2.00 bits per heavy atom. The first-order chi connectivity index (χ1) is 9.74. The summed E-state index contributed by atoms with van der Waals surface area (Å²) in [6, 6.07) is 0. The van der Waals surface area contributed by atoms with Crippen LogP contribution in [0.1, 0.15) is 44.2 Å². The highest BCUT2D eigenvalue weighted by atomic mass is 16.4. The fourth-order valence-corrected chi connectivity index (χ4v) is 2.61. The van der Waals surface area contributed by atoms with Gasteiger partial charge in [-0.05, 0) is 58.2 Å². The summed E-state index contributed by atoms with van der Waals surface area (Å²) in [7, 11) is 0. The predicted octanol–water partition coefficient (Wildman–Crippen LogP) is 1.56. The fraction of sp³-hybridized carbons (Fsp3) is 0.786. The second-order valence-corrected chi connectivity index (χ2v) is 5.48. The molecule has 0 amide bonds. The molecule has 20 heavy (non-hydrogen) atoms. The van der Waals surface area contributed by atoms with E-state index in [9.17, 15) is 4.79 Å². The van der Waals surface area contributed by atoms with E-state index in [2.05, 4.69) is 15.2 Å². The van der Waals surface area contributed by atoms with Crippen LogP contribution in [-0.2, 0) is 17.8 Å². The van der Waals surface area contributed by atoms with Gasteiger partial charge < -0.3 is 10.0 Å². The van der Waals surface area contributed by atoms with Crippen LogP contribution in [0.3, 0.4) is 0 Å². The lowest BCUT2D eigenvalue weighted by Gasteiger charge is -2.13. The second kappa shape index (κ2) is 7.99. The van der Waals surface area contributed by atoms with Gasteiger partial charge in [0.1, 0.15) is 0 Å². The summed E-state index contributed by atoms with van der Waals surface area (Å²) in [5.41, 5.74) is 0.969. The van der Waals surface area contributed by atoms with E-state index in [-0.39, 0.29) is 6.42 Å². The van der Waals surface area contributed by atoms with Crippen molar-refractivity contribution in [1.82, 2.24) is 19.9 Å². The monoisotopic (exact) mass is 280 g/mol. The van der Waals surface area contributed by atoms with Crippen LogP contribution in [0.15, 0.2) is 6.20 Å². The van der Waals surface area contributed by atoms with E-state index in [0.717, 1.165) is 38.0 Å². The largest absolute Gasteiger partial charge is 0.481 e. The van der Waals surface area contributed by atoms with Crippen molar-refractivity contribution in [2.45, 2.75) is 51.5 Å². The minimum atomic E-state index is -0.726. The summed E-state index contributed by atoms with van der Waals surface area (Å²) in [6.45, 7) is 4.55. The Morgan fingerprint density at radius 3 is 2.75 bits per heavy atom. The highest BCUT2D eigenvalue weighted by Crippen LogP contribution is 2.08. The van der Waals surface area contributed by atoms with Crippen molar-refractivity contribution < 1.29 is 9.90 Å². The molecule has 0 atom stereocenters. The molecule has 1 aliphatic rings. The van der Waals surface area contributed by atoms with Crippen LogP contribution in [0.4, 0.5) is 0 Å². The first-order valence-electron chi connectivity index (χ1n) is 7.57. The molecule has 0 radical (unpaired) electrons. The summed E-state index contributed by atoms with van der Waals surface area (Å²) in [4.78, 5) is 12.9. The van der Waals surface area contributed by atoms with Gasteiger partial charge in [-0.1, -0.05) is 5.21 Å². The summed E-state index contributed by atoms with van der Waals surface area (Å²) in [5.74, 6) is -0.726. The van der Waals surface area contributed by atoms with Crippen molar-refractivity contribution in [3.8, 4) is 0 Å². The molecule has 0 unspecified atom stereocenters. The van der Waals surface area contributed by atoms with E-state index in [1.54, 1.807) is 0 Å². The van der Waals surface area contributed by atoms with Gasteiger partial charge in [-0.2, -0.15) is 0 Å². The number of carboxylic acid groups (broad SMARTS) is 1. The normalized spacial score (nSPS) is 15.8. The molecule has 0 aliphatic carbocycles. The Morgan fingerprint density at radius 1 is 1.20 bits per heavy atom. The molecule has 1 saturated heterocycles. The predicted molar refractivity (Wildman–Crippen MR) is 75.5 cm³/mol. The zero-order valence-electron chi connectivity index (χ0n) is 12.0. The third kappa shape index (κ3) is 5.28. The number of hydrogen-bond donors (Lipinski definition) is 1. The minimum Gasteiger partial charge on any atom is -0.481 e. The third-order valence-electron chi connectivity index (χ3n) is 3.72. The second-order valence-electron chi connectivity index (χ2n) is 5.48. The highest BCUT2D eigenvalue weighted by molar-refractivity contribution is 5.66. The molecule has 6 heteroatoms. The number of nitrogens with zero attached hydrogens (tertiary/aromatic N) is 4. The number of rotatable bonds is 9. The van der Waals surface area contributed by atoms with E-state index >= 15 is 0 Å². The highest BCUT2D eigenvalue weighted by Gasteiger charge is 2.10. The molecule has 6 nitrogen and oxygen atoms in total. The van der Waals surface area contributed by atoms with Crippen molar-refractivity contribution in [3.05, 3.63) is 11.9 Å². The van der Waals surface area contributed by atoms with Gasteiger partial charge in [0.05, 0.1) is 5.69 Å². The average Bonchev–Trinajstić information content (AvgIpc) is 3.06. The zero-order valence-corrected chi connectivity index (χ0v) is 12.0. The molecular formula is C14H24N4O2. The molecule has 0 bridgehead atoms. The molecule has 1 aromatic rings. The lowest BCUT2D eigenvalue weighted by molar-refractivity contribution is -0.137. The topological polar surface area (TPSA) is 71.2 Å². The van der Waals surface area contributed by atoms with Crippen LogP contribution in [0.2, 0.25) is 0 Å². The molecule has 2 rings (SSSR count). The van der Waals surface area contributed by atoms with Crippen LogP contribution in [0, 0.1) is 0 Å². The Balaban J connectivity index is 1.60. The summed E-state index contributed by atoms with van der Waals surface area (Å²) in [5, 5.41) is 16.8. The molecule has 0 aromatic carbocycles. The van der Waals surface area contributed by atoms with Gasteiger partial charge in [-0.25, -0.2) is 0 Å². The van der Waals surface area contributed by atoms with E-state index in [1.807, 2.05) is 10.9 Å². The zero-order chi connectivity index (χ0) is 14.2. The molecule has 0 saturated carbocycles. The van der Waals surface area contributed by atoms with Crippen molar-refractivity contribution in [3.63, 3.8) is 0 Å². The number of likely N-dealkylation sites (tertiary alicyclic amines) is 1. The van der Waals surface area contributed by atoms with Gasteiger partial charge in [-0.15, -0.1) is 5.10 Å². The summed E-state index contributed by atoms with van der Waals surface area (Å²) in [6.07, 6.45) is 8.40. The minimum absolute atomic E-state index is 0.240. The maximum absolute atomic E-state index is 10.4. The van der Waals surface area contributed by atoms with Crippen LogP contribution in [0.25, 0.3) is 0 Å². The van der Waals surface area contributed by atoms with E-state index < -0.39 is 5.97 Å². The van der Waals surface area contributed by atoms with Gasteiger partial charge in [-0.3, -0.25) is 9.48 Å². The first kappa shape index (κ1) is 15.0. The van der Waals surface area contributed by atoms with Gasteiger partial charge in [0.15, 0.2) is 0 Å². The molecule has 1 N–H and O–H groups in total. The van der Waals surface area contributed by atoms with Crippen LogP contribution in [0.5, 0.6) is 0 Å². The number of aliphatic carboxylic acids is 1. The Labute approximate surface area is 119 Å². The maximum atomic E-state index is 10.4. The van der Waals surface area contributed by atoms with Gasteiger partial charge in [0.25, 0.3) is 0 Å². The van der Waals surface area contributed by atoms with Gasteiger partial charge >= 0.3 is 5.97 Å². The number of aryl methyl sites for hydroxylation is 2.